The molecular weight excluding hydrogens is 314 g/mol. The third kappa shape index (κ3) is 1.97. The lowest BCUT2D eigenvalue weighted by Crippen LogP contribution is -2.37. The van der Waals surface area contributed by atoms with E-state index in [0.717, 1.165) is 22.1 Å². The maximum Gasteiger partial charge on any atom is 0.237 e. The van der Waals surface area contributed by atoms with Crippen LogP contribution in [0.5, 0.6) is 0 Å². The molecule has 1 heterocycles. The zero-order valence-corrected chi connectivity index (χ0v) is 13.1. The highest BCUT2D eigenvalue weighted by Crippen LogP contribution is 2.42. The van der Waals surface area contributed by atoms with Crippen LogP contribution in [-0.4, -0.2) is 13.0 Å². The molecule has 1 amide bonds. The van der Waals surface area contributed by atoms with Gasteiger partial charge in [0.15, 0.2) is 0 Å². The second-order valence-electron chi connectivity index (χ2n) is 5.52. The minimum atomic E-state index is -0.473. The van der Waals surface area contributed by atoms with Crippen molar-refractivity contribution in [1.29, 1.82) is 0 Å². The Labute approximate surface area is 127 Å². The molecule has 3 heteroatoms. The number of halogens is 1. The lowest BCUT2D eigenvalue weighted by Gasteiger charge is -2.23. The first-order valence-corrected chi connectivity index (χ1v) is 7.44. The SMILES string of the molecule is CN1C(=O)C(C)(Cc2ccc(Br)cc2)c2ccccc21. The lowest BCUT2D eigenvalue weighted by molar-refractivity contribution is -0.122. The van der Waals surface area contributed by atoms with Gasteiger partial charge in [0, 0.05) is 17.2 Å². The van der Waals surface area contributed by atoms with Crippen LogP contribution >= 0.6 is 15.9 Å². The maximum absolute atomic E-state index is 12.7. The van der Waals surface area contributed by atoms with E-state index in [2.05, 4.69) is 34.1 Å². The Morgan fingerprint density at radius 3 is 2.45 bits per heavy atom. The van der Waals surface area contributed by atoms with E-state index < -0.39 is 5.41 Å². The fraction of sp³-hybridized carbons (Fsp3) is 0.235. The quantitative estimate of drug-likeness (QED) is 0.817. The largest absolute Gasteiger partial charge is 0.314 e. The van der Waals surface area contributed by atoms with Crippen LogP contribution in [0, 0.1) is 0 Å². The molecule has 0 radical (unpaired) electrons. The van der Waals surface area contributed by atoms with Crippen LogP contribution in [-0.2, 0) is 16.6 Å². The Morgan fingerprint density at radius 2 is 1.75 bits per heavy atom. The molecule has 0 aromatic heterocycles. The number of amides is 1. The van der Waals surface area contributed by atoms with Crippen LogP contribution in [0.4, 0.5) is 5.69 Å². The summed E-state index contributed by atoms with van der Waals surface area (Å²) in [7, 11) is 1.86. The van der Waals surface area contributed by atoms with Crippen LogP contribution in [0.15, 0.2) is 53.0 Å². The molecule has 1 atom stereocenters. The van der Waals surface area contributed by atoms with Crippen LogP contribution in [0.3, 0.4) is 0 Å². The third-order valence-electron chi connectivity index (χ3n) is 4.11. The predicted molar refractivity (Wildman–Crippen MR) is 85.1 cm³/mol. The van der Waals surface area contributed by atoms with Crippen LogP contribution < -0.4 is 4.90 Å². The average molecular weight is 330 g/mol. The molecule has 0 fully saturated rings. The number of nitrogens with zero attached hydrogens (tertiary/aromatic N) is 1. The summed E-state index contributed by atoms with van der Waals surface area (Å²) in [6.07, 6.45) is 0.723. The van der Waals surface area contributed by atoms with E-state index in [1.165, 1.54) is 5.56 Å². The van der Waals surface area contributed by atoms with Crippen molar-refractivity contribution in [2.45, 2.75) is 18.8 Å². The average Bonchev–Trinajstić information content (AvgIpc) is 2.65. The van der Waals surface area contributed by atoms with Gasteiger partial charge in [0.1, 0.15) is 0 Å². The molecule has 2 nitrogen and oxygen atoms in total. The van der Waals surface area contributed by atoms with E-state index in [-0.39, 0.29) is 5.91 Å². The second-order valence-corrected chi connectivity index (χ2v) is 6.43. The minimum Gasteiger partial charge on any atom is -0.314 e. The van der Waals surface area contributed by atoms with Gasteiger partial charge >= 0.3 is 0 Å². The van der Waals surface area contributed by atoms with Crippen molar-refractivity contribution in [2.24, 2.45) is 0 Å². The second kappa shape index (κ2) is 4.74. The molecule has 3 rings (SSSR count). The Morgan fingerprint density at radius 1 is 1.10 bits per heavy atom. The maximum atomic E-state index is 12.7. The van der Waals surface area contributed by atoms with Crippen LogP contribution in [0.25, 0.3) is 0 Å². The molecular formula is C17H16BrNO. The van der Waals surface area contributed by atoms with Crippen molar-refractivity contribution < 1.29 is 4.79 Å². The molecule has 2 aromatic rings. The standard InChI is InChI=1S/C17H16BrNO/c1-17(11-12-7-9-13(18)10-8-12)14-5-3-4-6-15(14)19(2)16(17)20/h3-10H,11H2,1-2H3. The number of anilines is 1. The van der Waals surface area contributed by atoms with Crippen molar-refractivity contribution in [2.75, 3.05) is 11.9 Å². The molecule has 102 valence electrons. The van der Waals surface area contributed by atoms with E-state index in [1.54, 1.807) is 4.90 Å². The number of rotatable bonds is 2. The first-order chi connectivity index (χ1) is 9.52. The molecule has 0 saturated carbocycles. The van der Waals surface area contributed by atoms with Gasteiger partial charge in [-0.15, -0.1) is 0 Å². The van der Waals surface area contributed by atoms with Crippen molar-refractivity contribution >= 4 is 27.5 Å². The van der Waals surface area contributed by atoms with Crippen molar-refractivity contribution in [3.05, 3.63) is 64.1 Å². The van der Waals surface area contributed by atoms with Crippen LogP contribution in [0.2, 0.25) is 0 Å². The third-order valence-corrected chi connectivity index (χ3v) is 4.64. The molecule has 0 aliphatic carbocycles. The molecule has 1 aliphatic heterocycles. The Bertz CT molecular complexity index is 665. The number of carbonyl (C=O) groups is 1. The highest BCUT2D eigenvalue weighted by Gasteiger charge is 2.45. The molecule has 0 spiro atoms. The number of para-hydroxylation sites is 1. The monoisotopic (exact) mass is 329 g/mol. The van der Waals surface area contributed by atoms with Gasteiger partial charge < -0.3 is 4.90 Å². The fourth-order valence-electron chi connectivity index (χ4n) is 3.01. The molecule has 1 unspecified atom stereocenters. The van der Waals surface area contributed by atoms with E-state index in [4.69, 9.17) is 0 Å². The van der Waals surface area contributed by atoms with E-state index in [0.29, 0.717) is 0 Å². The summed E-state index contributed by atoms with van der Waals surface area (Å²) in [5.74, 6) is 0.168. The van der Waals surface area contributed by atoms with Gasteiger partial charge in [-0.05, 0) is 42.7 Å². The summed E-state index contributed by atoms with van der Waals surface area (Å²) in [6.45, 7) is 2.04. The first-order valence-electron chi connectivity index (χ1n) is 6.64. The zero-order chi connectivity index (χ0) is 14.3. The van der Waals surface area contributed by atoms with Gasteiger partial charge in [-0.1, -0.05) is 46.3 Å². The smallest absolute Gasteiger partial charge is 0.237 e. The molecule has 20 heavy (non-hydrogen) atoms. The minimum absolute atomic E-state index is 0.168. The first kappa shape index (κ1) is 13.4. The fourth-order valence-corrected chi connectivity index (χ4v) is 3.27. The van der Waals surface area contributed by atoms with Gasteiger partial charge in [0.2, 0.25) is 5.91 Å². The predicted octanol–water partition coefficient (Wildman–Crippen LogP) is 3.93. The zero-order valence-electron chi connectivity index (χ0n) is 11.6. The summed E-state index contributed by atoms with van der Waals surface area (Å²) < 4.78 is 1.06. The van der Waals surface area contributed by atoms with Gasteiger partial charge in [0.05, 0.1) is 5.41 Å². The Kier molecular flexibility index (Phi) is 3.17. The number of likely N-dealkylation sites (N-methyl/N-ethyl adjacent to an activating group) is 1. The number of hydrogen-bond donors (Lipinski definition) is 0. The van der Waals surface area contributed by atoms with Crippen molar-refractivity contribution in [3.63, 3.8) is 0 Å². The topological polar surface area (TPSA) is 20.3 Å². The highest BCUT2D eigenvalue weighted by atomic mass is 79.9. The molecule has 0 N–H and O–H groups in total. The number of hydrogen-bond acceptors (Lipinski definition) is 1. The lowest BCUT2D eigenvalue weighted by atomic mass is 9.78. The van der Waals surface area contributed by atoms with Gasteiger partial charge in [-0.25, -0.2) is 0 Å². The van der Waals surface area contributed by atoms with E-state index in [1.807, 2.05) is 44.3 Å². The Hall–Kier alpha value is -1.61. The summed E-state index contributed by atoms with van der Waals surface area (Å²) in [4.78, 5) is 14.4. The van der Waals surface area contributed by atoms with Crippen molar-refractivity contribution in [3.8, 4) is 0 Å². The van der Waals surface area contributed by atoms with Gasteiger partial charge in [-0.3, -0.25) is 4.79 Å². The van der Waals surface area contributed by atoms with E-state index >= 15 is 0 Å². The summed E-state index contributed by atoms with van der Waals surface area (Å²) in [5, 5.41) is 0. The molecule has 0 saturated heterocycles. The van der Waals surface area contributed by atoms with Gasteiger partial charge in [0.25, 0.3) is 0 Å². The molecule has 0 bridgehead atoms. The van der Waals surface area contributed by atoms with Crippen LogP contribution in [0.1, 0.15) is 18.1 Å². The Balaban J connectivity index is 2.03. The van der Waals surface area contributed by atoms with E-state index in [9.17, 15) is 4.79 Å². The summed E-state index contributed by atoms with van der Waals surface area (Å²) >= 11 is 3.44. The summed E-state index contributed by atoms with van der Waals surface area (Å²) in [5.41, 5.74) is 2.85. The van der Waals surface area contributed by atoms with Crippen molar-refractivity contribution in [1.82, 2.24) is 0 Å². The molecule has 1 aliphatic rings. The molecule has 2 aromatic carbocycles. The number of carbonyl (C=O) groups excluding carboxylic acids is 1. The number of benzene rings is 2. The summed E-state index contributed by atoms with van der Waals surface area (Å²) in [6, 6.07) is 16.3. The van der Waals surface area contributed by atoms with Gasteiger partial charge in [-0.2, -0.15) is 0 Å². The normalized spacial score (nSPS) is 21.1. The highest BCUT2D eigenvalue weighted by molar-refractivity contribution is 9.10. The number of fused-ring (bicyclic) bond motifs is 1.